The molecule has 0 aliphatic carbocycles. The molecule has 0 saturated carbocycles. The smallest absolute Gasteiger partial charge is 0.295 e. The molecule has 0 aromatic heterocycles. The topological polar surface area (TPSA) is 70.1 Å². The summed E-state index contributed by atoms with van der Waals surface area (Å²) in [4.78, 5) is 29.5. The Bertz CT molecular complexity index is 1010. The van der Waals surface area contributed by atoms with Gasteiger partial charge in [-0.2, -0.15) is 0 Å². The number of benzene rings is 2. The van der Waals surface area contributed by atoms with Crippen molar-refractivity contribution in [1.29, 1.82) is 0 Å². The molecule has 6 nitrogen and oxygen atoms in total. The van der Waals surface area contributed by atoms with Gasteiger partial charge >= 0.3 is 0 Å². The molecule has 7 heteroatoms. The van der Waals surface area contributed by atoms with Crippen LogP contribution in [0.3, 0.4) is 0 Å². The molecule has 1 amide bonds. The Balaban J connectivity index is 2.10. The van der Waals surface area contributed by atoms with Crippen LogP contribution in [0, 0.1) is 6.92 Å². The number of aliphatic hydroxyl groups excluding tert-OH is 1. The van der Waals surface area contributed by atoms with E-state index in [1.54, 1.807) is 17.0 Å². The van der Waals surface area contributed by atoms with Crippen molar-refractivity contribution < 1.29 is 19.4 Å². The van der Waals surface area contributed by atoms with Crippen LogP contribution in [0.25, 0.3) is 5.76 Å². The maximum Gasteiger partial charge on any atom is 0.295 e. The first-order valence-corrected chi connectivity index (χ1v) is 10.5. The fourth-order valence-electron chi connectivity index (χ4n) is 3.73. The summed E-state index contributed by atoms with van der Waals surface area (Å²) in [6, 6.07) is 11.7. The van der Waals surface area contributed by atoms with Crippen LogP contribution in [0.15, 0.2) is 48.0 Å². The minimum Gasteiger partial charge on any atom is -0.507 e. The van der Waals surface area contributed by atoms with Crippen molar-refractivity contribution >= 4 is 29.1 Å². The van der Waals surface area contributed by atoms with Crippen LogP contribution >= 0.6 is 11.6 Å². The minimum absolute atomic E-state index is 0.0694. The number of ketones is 1. The predicted molar refractivity (Wildman–Crippen MR) is 121 cm³/mol. The molecule has 1 heterocycles. The van der Waals surface area contributed by atoms with E-state index in [9.17, 15) is 14.7 Å². The summed E-state index contributed by atoms with van der Waals surface area (Å²) in [5, 5.41) is 11.4. The summed E-state index contributed by atoms with van der Waals surface area (Å²) in [6.07, 6.45) is 0.705. The first kappa shape index (κ1) is 22.8. The molecular weight excluding hydrogens is 416 g/mol. The number of methoxy groups -OCH3 is 1. The third-order valence-electron chi connectivity index (χ3n) is 5.36. The predicted octanol–water partition coefficient (Wildman–Crippen LogP) is 4.03. The number of hydrogen-bond acceptors (Lipinski definition) is 5. The van der Waals surface area contributed by atoms with Crippen LogP contribution in [0.5, 0.6) is 5.75 Å². The van der Waals surface area contributed by atoms with Crippen LogP contribution in [-0.2, 0) is 9.59 Å². The van der Waals surface area contributed by atoms with Crippen LogP contribution in [0.4, 0.5) is 0 Å². The van der Waals surface area contributed by atoms with Crippen molar-refractivity contribution in [3.63, 3.8) is 0 Å². The SMILES string of the molecule is COc1ccc(C(O)=C2C(=O)C(=O)N(CCCN(C)C)[C@@H]2c2ccc(C)cc2)cc1Cl. The summed E-state index contributed by atoms with van der Waals surface area (Å²) in [6.45, 7) is 3.15. The average molecular weight is 443 g/mol. The lowest BCUT2D eigenvalue weighted by atomic mass is 9.94. The van der Waals surface area contributed by atoms with Crippen molar-refractivity contribution in [2.24, 2.45) is 0 Å². The van der Waals surface area contributed by atoms with Gasteiger partial charge in [0.15, 0.2) is 0 Å². The number of rotatable bonds is 7. The third-order valence-corrected chi connectivity index (χ3v) is 5.66. The second-order valence-corrected chi connectivity index (χ2v) is 8.32. The quantitative estimate of drug-likeness (QED) is 0.398. The van der Waals surface area contributed by atoms with E-state index in [1.165, 1.54) is 13.2 Å². The van der Waals surface area contributed by atoms with Gasteiger partial charge in [-0.3, -0.25) is 9.59 Å². The van der Waals surface area contributed by atoms with Crippen molar-refractivity contribution in [2.75, 3.05) is 34.3 Å². The molecule has 1 N–H and O–H groups in total. The highest BCUT2D eigenvalue weighted by Gasteiger charge is 2.45. The van der Waals surface area contributed by atoms with Crippen LogP contribution in [0.1, 0.15) is 29.2 Å². The lowest BCUT2D eigenvalue weighted by Crippen LogP contribution is -2.32. The van der Waals surface area contributed by atoms with E-state index < -0.39 is 17.7 Å². The summed E-state index contributed by atoms with van der Waals surface area (Å²) in [5.41, 5.74) is 2.26. The summed E-state index contributed by atoms with van der Waals surface area (Å²) in [5.74, 6) is -1.09. The number of amides is 1. The zero-order valence-corrected chi connectivity index (χ0v) is 18.9. The van der Waals surface area contributed by atoms with Gasteiger partial charge in [0.05, 0.1) is 23.7 Å². The van der Waals surface area contributed by atoms with E-state index in [2.05, 4.69) is 0 Å². The number of hydrogen-bond donors (Lipinski definition) is 1. The lowest BCUT2D eigenvalue weighted by molar-refractivity contribution is -0.139. The van der Waals surface area contributed by atoms with Crippen molar-refractivity contribution in [1.82, 2.24) is 9.80 Å². The summed E-state index contributed by atoms with van der Waals surface area (Å²) < 4.78 is 5.16. The van der Waals surface area contributed by atoms with Crippen LogP contribution in [-0.4, -0.2) is 60.9 Å². The largest absolute Gasteiger partial charge is 0.507 e. The van der Waals surface area contributed by atoms with E-state index in [4.69, 9.17) is 16.3 Å². The van der Waals surface area contributed by atoms with Gasteiger partial charge in [-0.05, 0) is 57.7 Å². The summed E-state index contributed by atoms with van der Waals surface area (Å²) in [7, 11) is 5.41. The molecule has 1 fully saturated rings. The van der Waals surface area contributed by atoms with Crippen LogP contribution < -0.4 is 4.74 Å². The third kappa shape index (κ3) is 4.75. The molecule has 1 aliphatic rings. The molecule has 2 aromatic rings. The molecule has 0 radical (unpaired) electrons. The number of halogens is 1. The molecule has 1 saturated heterocycles. The first-order chi connectivity index (χ1) is 14.7. The van der Waals surface area contributed by atoms with E-state index in [-0.39, 0.29) is 11.3 Å². The highest BCUT2D eigenvalue weighted by Crippen LogP contribution is 2.40. The summed E-state index contributed by atoms with van der Waals surface area (Å²) >= 11 is 6.22. The van der Waals surface area contributed by atoms with E-state index >= 15 is 0 Å². The molecule has 31 heavy (non-hydrogen) atoms. The normalized spacial score (nSPS) is 18.1. The second-order valence-electron chi connectivity index (χ2n) is 7.91. The monoisotopic (exact) mass is 442 g/mol. The Labute approximate surface area is 187 Å². The first-order valence-electron chi connectivity index (χ1n) is 10.1. The number of aryl methyl sites for hydroxylation is 1. The molecule has 1 aliphatic heterocycles. The Morgan fingerprint density at radius 3 is 2.42 bits per heavy atom. The Morgan fingerprint density at radius 1 is 1.16 bits per heavy atom. The molecular formula is C24H27ClN2O4. The van der Waals surface area contributed by atoms with Crippen molar-refractivity contribution in [3.8, 4) is 5.75 Å². The van der Waals surface area contributed by atoms with Gasteiger partial charge < -0.3 is 19.6 Å². The van der Waals surface area contributed by atoms with Gasteiger partial charge in [0.25, 0.3) is 11.7 Å². The number of carbonyl (C=O) groups is 2. The number of nitrogens with zero attached hydrogens (tertiary/aromatic N) is 2. The van der Waals surface area contributed by atoms with Crippen LogP contribution in [0.2, 0.25) is 5.02 Å². The molecule has 2 aromatic carbocycles. The van der Waals surface area contributed by atoms with Crippen molar-refractivity contribution in [2.45, 2.75) is 19.4 Å². The van der Waals surface area contributed by atoms with E-state index in [0.717, 1.165) is 17.7 Å². The number of carbonyl (C=O) groups excluding carboxylic acids is 2. The minimum atomic E-state index is -0.695. The van der Waals surface area contributed by atoms with E-state index in [0.29, 0.717) is 29.3 Å². The van der Waals surface area contributed by atoms with E-state index in [1.807, 2.05) is 50.2 Å². The zero-order valence-electron chi connectivity index (χ0n) is 18.2. The van der Waals surface area contributed by atoms with Gasteiger partial charge in [-0.1, -0.05) is 41.4 Å². The molecule has 0 bridgehead atoms. The number of aliphatic hydroxyl groups is 1. The Morgan fingerprint density at radius 2 is 1.84 bits per heavy atom. The second kappa shape index (κ2) is 9.54. The van der Waals surface area contributed by atoms with Gasteiger partial charge in [-0.25, -0.2) is 0 Å². The van der Waals surface area contributed by atoms with Gasteiger partial charge in [-0.15, -0.1) is 0 Å². The number of Topliss-reactive ketones (excluding diaryl/α,β-unsaturated/α-hetero) is 1. The van der Waals surface area contributed by atoms with Gasteiger partial charge in [0.1, 0.15) is 11.5 Å². The fraction of sp³-hybridized carbons (Fsp3) is 0.333. The average Bonchev–Trinajstić information content (AvgIpc) is 2.98. The highest BCUT2D eigenvalue weighted by atomic mass is 35.5. The molecule has 3 rings (SSSR count). The lowest BCUT2D eigenvalue weighted by Gasteiger charge is -2.26. The molecule has 164 valence electrons. The highest BCUT2D eigenvalue weighted by molar-refractivity contribution is 6.46. The maximum absolute atomic E-state index is 13.0. The molecule has 0 spiro atoms. The van der Waals surface area contributed by atoms with Crippen molar-refractivity contribution in [3.05, 3.63) is 69.8 Å². The van der Waals surface area contributed by atoms with Gasteiger partial charge in [0.2, 0.25) is 0 Å². The zero-order chi connectivity index (χ0) is 22.7. The molecule has 1 atom stereocenters. The standard InChI is InChI=1S/C24H27ClN2O4/c1-15-6-8-16(9-7-15)21-20(22(28)17-10-11-19(31-4)18(25)14-17)23(29)24(30)27(21)13-5-12-26(2)3/h6-11,14,21,28H,5,12-13H2,1-4H3/t21-/m1/s1. The number of likely N-dealkylation sites (tertiary alicyclic amines) is 1. The molecule has 0 unspecified atom stereocenters. The van der Waals surface area contributed by atoms with Gasteiger partial charge in [0, 0.05) is 12.1 Å². The Hall–Kier alpha value is -2.83. The Kier molecular flexibility index (Phi) is 7.03. The number of ether oxygens (including phenoxy) is 1. The maximum atomic E-state index is 13.0. The fourth-order valence-corrected chi connectivity index (χ4v) is 3.99.